The minimum absolute atomic E-state index is 0.606. The standard InChI is InChI=1S/2C7H6N2.2C6F4I2/c2*8-5-6-2-1-3-7(9)4-6;2*7-1-2(8)6(12)4(10)3(9)5(1)11/h2*1-4H,9H2;;. The second-order valence-electron chi connectivity index (χ2n) is 7.24. The van der Waals surface area contributed by atoms with Gasteiger partial charge in [-0.2, -0.15) is 10.5 Å². The monoisotopic (exact) mass is 1040 g/mol. The number of rotatable bonds is 0. The number of hydrogen-bond donors (Lipinski definition) is 2. The maximum Gasteiger partial charge on any atom is 0.176 e. The smallest absolute Gasteiger partial charge is 0.176 e. The van der Waals surface area contributed by atoms with Gasteiger partial charge in [0.2, 0.25) is 0 Å². The number of nitrogens with two attached hydrogens (primary N) is 2. The predicted molar refractivity (Wildman–Crippen MR) is 175 cm³/mol. The van der Waals surface area contributed by atoms with E-state index in [4.69, 9.17) is 22.0 Å². The van der Waals surface area contributed by atoms with E-state index in [0.717, 1.165) is 0 Å². The van der Waals surface area contributed by atoms with Crippen molar-refractivity contribution in [3.8, 4) is 12.1 Å². The summed E-state index contributed by atoms with van der Waals surface area (Å²) in [7, 11) is 0. The first-order valence-electron chi connectivity index (χ1n) is 10.4. The second kappa shape index (κ2) is 17.8. The van der Waals surface area contributed by atoms with Crippen LogP contribution in [0, 0.1) is 83.5 Å². The Balaban J connectivity index is 0.000000283. The molecule has 0 heterocycles. The topological polar surface area (TPSA) is 99.6 Å². The maximum atomic E-state index is 12.6. The van der Waals surface area contributed by atoms with Gasteiger partial charge in [0.1, 0.15) is 0 Å². The molecule has 42 heavy (non-hydrogen) atoms. The minimum atomic E-state index is -1.35. The van der Waals surface area contributed by atoms with Gasteiger partial charge < -0.3 is 11.5 Å². The molecule has 0 radical (unpaired) electrons. The molecule has 0 unspecified atom stereocenters. The zero-order valence-corrected chi connectivity index (χ0v) is 28.8. The Bertz CT molecular complexity index is 1340. The van der Waals surface area contributed by atoms with Gasteiger partial charge in [0, 0.05) is 11.4 Å². The molecule has 4 rings (SSSR count). The van der Waals surface area contributed by atoms with Crippen molar-refractivity contribution in [2.75, 3.05) is 11.5 Å². The van der Waals surface area contributed by atoms with Gasteiger partial charge in [0.05, 0.1) is 37.5 Å². The summed E-state index contributed by atoms with van der Waals surface area (Å²) in [5.74, 6) is -10.8. The number of benzene rings is 4. The van der Waals surface area contributed by atoms with E-state index in [9.17, 15) is 35.1 Å². The molecule has 0 saturated carbocycles. The number of halogens is 12. The summed E-state index contributed by atoms with van der Waals surface area (Å²) in [4.78, 5) is 0. The van der Waals surface area contributed by atoms with Gasteiger partial charge in [-0.15, -0.1) is 0 Å². The molecular weight excluding hydrogens is 1030 g/mol. The number of nitrogens with zero attached hydrogens (tertiary/aromatic N) is 2. The molecule has 4 aromatic rings. The zero-order chi connectivity index (χ0) is 32.3. The van der Waals surface area contributed by atoms with Crippen molar-refractivity contribution in [1.29, 1.82) is 10.5 Å². The van der Waals surface area contributed by atoms with Crippen molar-refractivity contribution < 1.29 is 35.1 Å². The third-order valence-corrected chi connectivity index (χ3v) is 8.13. The fourth-order valence-electron chi connectivity index (χ4n) is 2.37. The molecule has 4 aromatic carbocycles. The highest BCUT2D eigenvalue weighted by Crippen LogP contribution is 2.27. The lowest BCUT2D eigenvalue weighted by atomic mass is 10.2. The summed E-state index contributed by atoms with van der Waals surface area (Å²) in [5, 5.41) is 16.7. The average molecular weight is 1040 g/mol. The van der Waals surface area contributed by atoms with Crippen LogP contribution in [0.5, 0.6) is 0 Å². The SMILES string of the molecule is Fc1c(F)c(I)c(F)c(F)c1I.Fc1c(F)c(I)c(F)c(F)c1I.N#Cc1cccc(N)c1.N#Cc1cccc(N)c1. The fraction of sp³-hybridized carbons (Fsp3) is 0. The van der Waals surface area contributed by atoms with Crippen LogP contribution in [0.2, 0.25) is 0 Å². The molecule has 16 heteroatoms. The Morgan fingerprint density at radius 2 is 0.667 bits per heavy atom. The molecule has 0 aliphatic rings. The van der Waals surface area contributed by atoms with Crippen LogP contribution in [0.3, 0.4) is 0 Å². The molecule has 0 aromatic heterocycles. The van der Waals surface area contributed by atoms with Gasteiger partial charge in [-0.05, 0) is 127 Å². The summed E-state index contributed by atoms with van der Waals surface area (Å²) < 4.78 is 98.5. The molecule has 0 spiro atoms. The number of anilines is 2. The lowest BCUT2D eigenvalue weighted by molar-refractivity contribution is 0.437. The lowest BCUT2D eigenvalue weighted by Gasteiger charge is -2.02. The quantitative estimate of drug-likeness (QED) is 0.0604. The highest BCUT2D eigenvalue weighted by molar-refractivity contribution is 14.1. The third kappa shape index (κ3) is 10.5. The molecular formula is C26H12F8I4N4. The van der Waals surface area contributed by atoms with Crippen molar-refractivity contribution in [2.24, 2.45) is 0 Å². The van der Waals surface area contributed by atoms with Crippen LogP contribution in [-0.2, 0) is 0 Å². The van der Waals surface area contributed by atoms with Gasteiger partial charge in [-0.1, -0.05) is 12.1 Å². The van der Waals surface area contributed by atoms with Crippen LogP contribution in [-0.4, -0.2) is 0 Å². The Hall–Kier alpha value is -2.18. The molecule has 0 fully saturated rings. The fourth-order valence-corrected chi connectivity index (χ4v) is 4.27. The van der Waals surface area contributed by atoms with Gasteiger partial charge in [0.25, 0.3) is 0 Å². The lowest BCUT2D eigenvalue weighted by Crippen LogP contribution is -2.02. The predicted octanol–water partition coefficient (Wildman–Crippen LogP) is 9.19. The third-order valence-electron chi connectivity index (χ3n) is 4.34. The molecule has 220 valence electrons. The largest absolute Gasteiger partial charge is 0.399 e. The maximum absolute atomic E-state index is 12.6. The van der Waals surface area contributed by atoms with Gasteiger partial charge in [0.15, 0.2) is 46.5 Å². The van der Waals surface area contributed by atoms with Gasteiger partial charge in [-0.25, -0.2) is 35.1 Å². The Morgan fingerprint density at radius 1 is 0.452 bits per heavy atom. The van der Waals surface area contributed by atoms with Crippen LogP contribution in [0.25, 0.3) is 0 Å². The van der Waals surface area contributed by atoms with E-state index in [1.807, 2.05) is 12.1 Å². The highest BCUT2D eigenvalue weighted by Gasteiger charge is 2.22. The van der Waals surface area contributed by atoms with E-state index in [-0.39, 0.29) is 0 Å². The van der Waals surface area contributed by atoms with Crippen LogP contribution in [0.4, 0.5) is 46.5 Å². The first-order chi connectivity index (χ1) is 19.6. The van der Waals surface area contributed by atoms with Crippen molar-refractivity contribution in [2.45, 2.75) is 0 Å². The molecule has 4 nitrogen and oxygen atoms in total. The van der Waals surface area contributed by atoms with E-state index in [2.05, 4.69) is 0 Å². The van der Waals surface area contributed by atoms with Gasteiger partial charge in [-0.3, -0.25) is 0 Å². The first kappa shape index (κ1) is 37.8. The Kier molecular flexibility index (Phi) is 16.1. The molecule has 0 aliphatic carbocycles. The highest BCUT2D eigenvalue weighted by atomic mass is 127. The zero-order valence-electron chi connectivity index (χ0n) is 20.2. The number of hydrogen-bond acceptors (Lipinski definition) is 4. The van der Waals surface area contributed by atoms with E-state index >= 15 is 0 Å². The van der Waals surface area contributed by atoms with Crippen molar-refractivity contribution in [3.63, 3.8) is 0 Å². The summed E-state index contributed by atoms with van der Waals surface area (Å²) in [6, 6.07) is 17.7. The average Bonchev–Trinajstić information content (AvgIpc) is 2.99. The molecule has 0 saturated heterocycles. The summed E-state index contributed by atoms with van der Waals surface area (Å²) >= 11 is 4.81. The first-order valence-corrected chi connectivity index (χ1v) is 14.8. The van der Waals surface area contributed by atoms with E-state index in [1.54, 1.807) is 48.5 Å². The number of nitrogen functional groups attached to an aromatic ring is 2. The summed E-state index contributed by atoms with van der Waals surface area (Å²) in [6.07, 6.45) is 0. The van der Waals surface area contributed by atoms with Crippen molar-refractivity contribution in [3.05, 3.63) is 120 Å². The number of nitriles is 2. The van der Waals surface area contributed by atoms with Crippen molar-refractivity contribution in [1.82, 2.24) is 0 Å². The normalized spacial score (nSPS) is 9.57. The molecule has 0 atom stereocenters. The van der Waals surface area contributed by atoms with E-state index in [0.29, 0.717) is 22.5 Å². The Morgan fingerprint density at radius 3 is 0.810 bits per heavy atom. The van der Waals surface area contributed by atoms with E-state index in [1.165, 1.54) is 90.4 Å². The minimum Gasteiger partial charge on any atom is -0.399 e. The molecule has 0 aliphatic heterocycles. The summed E-state index contributed by atoms with van der Waals surface area (Å²) in [6.45, 7) is 0. The van der Waals surface area contributed by atoms with Crippen molar-refractivity contribution >= 4 is 102 Å². The van der Waals surface area contributed by atoms with Crippen LogP contribution in [0.15, 0.2) is 48.5 Å². The van der Waals surface area contributed by atoms with Gasteiger partial charge >= 0.3 is 0 Å². The van der Waals surface area contributed by atoms with Crippen LogP contribution < -0.4 is 11.5 Å². The molecule has 0 amide bonds. The van der Waals surface area contributed by atoms with E-state index < -0.39 is 60.8 Å². The van der Waals surface area contributed by atoms with Crippen LogP contribution >= 0.6 is 90.4 Å². The molecule has 0 bridgehead atoms. The second-order valence-corrected chi connectivity index (χ2v) is 11.6. The Labute approximate surface area is 288 Å². The molecule has 4 N–H and O–H groups in total. The van der Waals surface area contributed by atoms with Crippen LogP contribution in [0.1, 0.15) is 11.1 Å². The summed E-state index contributed by atoms with van der Waals surface area (Å²) in [5.41, 5.74) is 13.2.